The lowest BCUT2D eigenvalue weighted by molar-refractivity contribution is 0.848. The van der Waals surface area contributed by atoms with Crippen LogP contribution < -0.4 is 11.3 Å². The van der Waals surface area contributed by atoms with E-state index in [-0.39, 0.29) is 0 Å². The average molecular weight is 264 g/mol. The minimum atomic E-state index is 0.365. The van der Waals surface area contributed by atoms with Gasteiger partial charge in [-0.2, -0.15) is 0 Å². The number of nitrogens with one attached hydrogen (secondary N) is 1. The number of fused-ring (bicyclic) bond motifs is 1. The molecule has 0 spiro atoms. The molecule has 2 aromatic rings. The number of nitrogens with zero attached hydrogens (tertiary/aromatic N) is 1. The second kappa shape index (κ2) is 4.75. The average Bonchev–Trinajstić information content (AvgIpc) is 2.29. The summed E-state index contributed by atoms with van der Waals surface area (Å²) in [4.78, 5) is 4.63. The molecule has 0 saturated carbocycles. The Balaban J connectivity index is 2.89. The summed E-state index contributed by atoms with van der Waals surface area (Å²) in [6, 6.07) is 3.93. The van der Waals surface area contributed by atoms with E-state index in [2.05, 4.69) is 24.3 Å². The molecular formula is C14H18ClN3. The van der Waals surface area contributed by atoms with Crippen molar-refractivity contribution in [3.05, 3.63) is 34.0 Å². The topological polar surface area (TPSA) is 50.9 Å². The summed E-state index contributed by atoms with van der Waals surface area (Å²) in [5.41, 5.74) is 7.83. The zero-order valence-electron chi connectivity index (χ0n) is 11.1. The summed E-state index contributed by atoms with van der Waals surface area (Å²) in [5.74, 6) is 6.07. The first-order chi connectivity index (χ1) is 8.45. The van der Waals surface area contributed by atoms with Crippen molar-refractivity contribution in [1.82, 2.24) is 4.98 Å². The number of aromatic nitrogens is 1. The first-order valence-corrected chi connectivity index (χ1v) is 6.40. The number of pyridine rings is 1. The molecule has 0 saturated heterocycles. The maximum Gasteiger partial charge on any atom is 0.0741 e. The number of benzene rings is 1. The van der Waals surface area contributed by atoms with Crippen LogP contribution in [0, 0.1) is 13.8 Å². The molecule has 0 bridgehead atoms. The number of hydrogen-bond acceptors (Lipinski definition) is 3. The zero-order valence-corrected chi connectivity index (χ0v) is 11.9. The van der Waals surface area contributed by atoms with E-state index in [0.29, 0.717) is 5.92 Å². The standard InChI is InChI=1S/C14H18ClN3/c1-7(2)13-9(4)17-12-6-11(15)8(3)5-10(12)14(13)18-16/h5-7H,16H2,1-4H3,(H,17,18). The molecule has 96 valence electrons. The molecule has 1 aromatic heterocycles. The van der Waals surface area contributed by atoms with E-state index in [0.717, 1.165) is 38.4 Å². The molecular weight excluding hydrogens is 246 g/mol. The van der Waals surface area contributed by atoms with Crippen LogP contribution in [0.25, 0.3) is 10.9 Å². The van der Waals surface area contributed by atoms with Gasteiger partial charge in [0.2, 0.25) is 0 Å². The molecule has 4 heteroatoms. The van der Waals surface area contributed by atoms with Crippen LogP contribution in [0.4, 0.5) is 5.69 Å². The smallest absolute Gasteiger partial charge is 0.0741 e. The van der Waals surface area contributed by atoms with Gasteiger partial charge in [-0.1, -0.05) is 25.4 Å². The van der Waals surface area contributed by atoms with Crippen molar-refractivity contribution in [3.63, 3.8) is 0 Å². The Hall–Kier alpha value is -1.32. The second-order valence-electron chi connectivity index (χ2n) is 4.90. The van der Waals surface area contributed by atoms with E-state index in [1.54, 1.807) is 0 Å². The number of nitrogens with two attached hydrogens (primary N) is 1. The van der Waals surface area contributed by atoms with Gasteiger partial charge in [0.05, 0.1) is 11.2 Å². The molecule has 3 nitrogen and oxygen atoms in total. The van der Waals surface area contributed by atoms with Gasteiger partial charge in [-0.05, 0) is 37.5 Å². The molecule has 0 radical (unpaired) electrons. The van der Waals surface area contributed by atoms with E-state index in [4.69, 9.17) is 17.4 Å². The molecule has 0 atom stereocenters. The fourth-order valence-electron chi connectivity index (χ4n) is 2.39. The van der Waals surface area contributed by atoms with Crippen molar-refractivity contribution in [2.24, 2.45) is 5.84 Å². The Morgan fingerprint density at radius 1 is 1.28 bits per heavy atom. The lowest BCUT2D eigenvalue weighted by atomic mass is 9.96. The molecule has 0 aliphatic carbocycles. The Morgan fingerprint density at radius 3 is 2.50 bits per heavy atom. The van der Waals surface area contributed by atoms with Crippen LogP contribution in [0.15, 0.2) is 12.1 Å². The van der Waals surface area contributed by atoms with Gasteiger partial charge in [0, 0.05) is 21.7 Å². The number of aryl methyl sites for hydroxylation is 2. The summed E-state index contributed by atoms with van der Waals surface area (Å²) < 4.78 is 0. The van der Waals surface area contributed by atoms with E-state index >= 15 is 0 Å². The number of rotatable bonds is 2. The van der Waals surface area contributed by atoms with Crippen LogP contribution in [0.1, 0.15) is 36.6 Å². The first kappa shape index (κ1) is 13.1. The summed E-state index contributed by atoms with van der Waals surface area (Å²) in [6.45, 7) is 8.26. The highest BCUT2D eigenvalue weighted by Crippen LogP contribution is 2.34. The molecule has 0 unspecified atom stereocenters. The summed E-state index contributed by atoms with van der Waals surface area (Å²) in [7, 11) is 0. The van der Waals surface area contributed by atoms with Gasteiger partial charge in [-0.15, -0.1) is 0 Å². The Labute approximate surface area is 112 Å². The van der Waals surface area contributed by atoms with Crippen LogP contribution in [-0.4, -0.2) is 4.98 Å². The van der Waals surface area contributed by atoms with Crippen LogP contribution in [-0.2, 0) is 0 Å². The molecule has 3 N–H and O–H groups in total. The lowest BCUT2D eigenvalue weighted by Crippen LogP contribution is -2.12. The first-order valence-electron chi connectivity index (χ1n) is 6.02. The maximum absolute atomic E-state index is 6.15. The molecule has 0 aliphatic heterocycles. The van der Waals surface area contributed by atoms with E-state index < -0.39 is 0 Å². The van der Waals surface area contributed by atoms with Gasteiger partial charge < -0.3 is 5.43 Å². The van der Waals surface area contributed by atoms with Gasteiger partial charge in [0.15, 0.2) is 0 Å². The minimum absolute atomic E-state index is 0.365. The summed E-state index contributed by atoms with van der Waals surface area (Å²) in [5, 5.41) is 1.75. The van der Waals surface area contributed by atoms with Crippen LogP contribution in [0.2, 0.25) is 5.02 Å². The highest BCUT2D eigenvalue weighted by Gasteiger charge is 2.15. The van der Waals surface area contributed by atoms with Crippen molar-refractivity contribution in [2.45, 2.75) is 33.6 Å². The van der Waals surface area contributed by atoms with E-state index in [1.165, 1.54) is 0 Å². The molecule has 0 aliphatic rings. The predicted molar refractivity (Wildman–Crippen MR) is 78.1 cm³/mol. The molecule has 0 amide bonds. The Morgan fingerprint density at radius 2 is 1.94 bits per heavy atom. The molecule has 1 heterocycles. The summed E-state index contributed by atoms with van der Waals surface area (Å²) >= 11 is 6.15. The second-order valence-corrected chi connectivity index (χ2v) is 5.31. The molecule has 18 heavy (non-hydrogen) atoms. The molecule has 1 aromatic carbocycles. The highest BCUT2D eigenvalue weighted by molar-refractivity contribution is 6.32. The fraction of sp³-hybridized carbons (Fsp3) is 0.357. The van der Waals surface area contributed by atoms with Gasteiger partial charge in [0.1, 0.15) is 0 Å². The zero-order chi connectivity index (χ0) is 13.4. The Kier molecular flexibility index (Phi) is 3.46. The number of hydrazine groups is 1. The number of anilines is 1. The van der Waals surface area contributed by atoms with Crippen molar-refractivity contribution in [1.29, 1.82) is 0 Å². The van der Waals surface area contributed by atoms with Gasteiger partial charge in [0.25, 0.3) is 0 Å². The van der Waals surface area contributed by atoms with E-state index in [9.17, 15) is 0 Å². The lowest BCUT2D eigenvalue weighted by Gasteiger charge is -2.18. The van der Waals surface area contributed by atoms with Gasteiger partial charge in [-0.25, -0.2) is 0 Å². The predicted octanol–water partition coefficient (Wildman–Crippen LogP) is 3.91. The molecule has 0 fully saturated rings. The van der Waals surface area contributed by atoms with Crippen molar-refractivity contribution < 1.29 is 0 Å². The van der Waals surface area contributed by atoms with Gasteiger partial charge >= 0.3 is 0 Å². The van der Waals surface area contributed by atoms with Crippen LogP contribution in [0.5, 0.6) is 0 Å². The van der Waals surface area contributed by atoms with Crippen molar-refractivity contribution >= 4 is 28.2 Å². The van der Waals surface area contributed by atoms with Crippen molar-refractivity contribution in [3.8, 4) is 0 Å². The third-order valence-electron chi connectivity index (χ3n) is 3.22. The third-order valence-corrected chi connectivity index (χ3v) is 3.62. The quantitative estimate of drug-likeness (QED) is 0.638. The normalized spacial score (nSPS) is 11.3. The maximum atomic E-state index is 6.15. The monoisotopic (exact) mass is 263 g/mol. The minimum Gasteiger partial charge on any atom is -0.323 e. The molecule has 2 rings (SSSR count). The number of halogens is 1. The number of hydrogen-bond donors (Lipinski definition) is 2. The largest absolute Gasteiger partial charge is 0.323 e. The highest BCUT2D eigenvalue weighted by atomic mass is 35.5. The third kappa shape index (κ3) is 2.04. The van der Waals surface area contributed by atoms with Crippen LogP contribution >= 0.6 is 11.6 Å². The SMILES string of the molecule is Cc1cc2c(NN)c(C(C)C)c(C)nc2cc1Cl. The van der Waals surface area contributed by atoms with Crippen LogP contribution in [0.3, 0.4) is 0 Å². The van der Waals surface area contributed by atoms with Crippen molar-refractivity contribution in [2.75, 3.05) is 5.43 Å². The Bertz CT molecular complexity index is 606. The van der Waals surface area contributed by atoms with Gasteiger partial charge in [-0.3, -0.25) is 10.8 Å². The van der Waals surface area contributed by atoms with E-state index in [1.807, 2.05) is 26.0 Å². The summed E-state index contributed by atoms with van der Waals surface area (Å²) in [6.07, 6.45) is 0. The fourth-order valence-corrected chi connectivity index (χ4v) is 2.55. The number of nitrogen functional groups attached to an aromatic ring is 1.